The van der Waals surface area contributed by atoms with Gasteiger partial charge in [0.05, 0.1) is 6.54 Å². The Hall–Kier alpha value is -4.41. The third-order valence-corrected chi connectivity index (χ3v) is 8.31. The first-order valence-electron chi connectivity index (χ1n) is 14.9. The lowest BCUT2D eigenvalue weighted by Crippen LogP contribution is -2.47. The van der Waals surface area contributed by atoms with Crippen LogP contribution in [0.5, 0.6) is 0 Å². The van der Waals surface area contributed by atoms with Gasteiger partial charge in [-0.1, -0.05) is 24.1 Å². The molecule has 0 radical (unpaired) electrons. The summed E-state index contributed by atoms with van der Waals surface area (Å²) in [6.07, 6.45) is 2.57. The zero-order valence-electron chi connectivity index (χ0n) is 24.8. The maximum Gasteiger partial charge on any atom is 0.332 e. The number of imidazole rings is 1. The second-order valence-corrected chi connectivity index (χ2v) is 11.2. The van der Waals surface area contributed by atoms with Gasteiger partial charge in [0.1, 0.15) is 0 Å². The second-order valence-electron chi connectivity index (χ2n) is 11.2. The van der Waals surface area contributed by atoms with E-state index in [1.807, 2.05) is 34.9 Å². The SMILES string of the molecule is CC#CCn1c(N2CCC[C@@H](N)C2)nc2c1c(=O)n(CCCN1CCN(c3noc(-c4ccccc4)n3)CC1)c(=O)n2C. The molecular formula is C30H38N10O3. The fraction of sp³-hybridized carbons (Fsp3) is 0.500. The number of fused-ring (bicyclic) bond motifs is 1. The lowest BCUT2D eigenvalue weighted by molar-refractivity contribution is 0.247. The maximum atomic E-state index is 13.8. The molecule has 6 rings (SSSR count). The Morgan fingerprint density at radius 2 is 1.79 bits per heavy atom. The van der Waals surface area contributed by atoms with Gasteiger partial charge in [0.2, 0.25) is 5.95 Å². The van der Waals surface area contributed by atoms with Gasteiger partial charge in [-0.05, 0) is 50.0 Å². The minimum absolute atomic E-state index is 0.0422. The summed E-state index contributed by atoms with van der Waals surface area (Å²) >= 11 is 0. The predicted octanol–water partition coefficient (Wildman–Crippen LogP) is 1.11. The van der Waals surface area contributed by atoms with Gasteiger partial charge in [0.15, 0.2) is 11.2 Å². The molecule has 226 valence electrons. The minimum Gasteiger partial charge on any atom is -0.341 e. The number of rotatable bonds is 8. The highest BCUT2D eigenvalue weighted by Crippen LogP contribution is 2.23. The van der Waals surface area contributed by atoms with E-state index >= 15 is 0 Å². The first kappa shape index (κ1) is 28.7. The van der Waals surface area contributed by atoms with Gasteiger partial charge in [-0.3, -0.25) is 23.4 Å². The Bertz CT molecular complexity index is 1750. The van der Waals surface area contributed by atoms with Gasteiger partial charge >= 0.3 is 5.69 Å². The van der Waals surface area contributed by atoms with Crippen LogP contribution in [0.15, 0.2) is 44.4 Å². The predicted molar refractivity (Wildman–Crippen MR) is 165 cm³/mol. The van der Waals surface area contributed by atoms with Crippen LogP contribution in [0.2, 0.25) is 0 Å². The van der Waals surface area contributed by atoms with Crippen LogP contribution in [0.25, 0.3) is 22.6 Å². The Balaban J connectivity index is 1.14. The van der Waals surface area contributed by atoms with Crippen LogP contribution < -0.4 is 26.8 Å². The molecule has 2 N–H and O–H groups in total. The number of aryl methyl sites for hydroxylation is 1. The van der Waals surface area contributed by atoms with Crippen LogP contribution in [0.4, 0.5) is 11.9 Å². The summed E-state index contributed by atoms with van der Waals surface area (Å²) in [4.78, 5) is 43.0. The normalized spacial score (nSPS) is 17.8. The van der Waals surface area contributed by atoms with Gasteiger partial charge < -0.3 is 20.1 Å². The maximum absolute atomic E-state index is 13.8. The zero-order valence-corrected chi connectivity index (χ0v) is 24.8. The molecule has 13 heteroatoms. The third-order valence-electron chi connectivity index (χ3n) is 8.31. The molecule has 0 amide bonds. The molecule has 13 nitrogen and oxygen atoms in total. The van der Waals surface area contributed by atoms with Crippen molar-refractivity contribution >= 4 is 23.1 Å². The van der Waals surface area contributed by atoms with Crippen LogP contribution >= 0.6 is 0 Å². The molecule has 2 saturated heterocycles. The van der Waals surface area contributed by atoms with Crippen molar-refractivity contribution in [1.82, 2.24) is 33.7 Å². The minimum atomic E-state index is -0.359. The molecule has 2 aliphatic rings. The Morgan fingerprint density at radius 3 is 2.53 bits per heavy atom. The third kappa shape index (κ3) is 5.80. The van der Waals surface area contributed by atoms with Crippen molar-refractivity contribution in [1.29, 1.82) is 0 Å². The molecule has 2 aliphatic heterocycles. The van der Waals surface area contributed by atoms with Crippen molar-refractivity contribution in [2.75, 3.05) is 55.6 Å². The number of piperazine rings is 1. The summed E-state index contributed by atoms with van der Waals surface area (Å²) in [6.45, 7) is 7.81. The number of nitrogens with zero attached hydrogens (tertiary/aromatic N) is 9. The standard InChI is InChI=1S/C30H38N10O3/c1-3-4-15-39-24-25(32-29(39)38-14-8-12-23(31)21-38)35(2)30(42)40(27(24)41)16-9-13-36-17-19-37(20-18-36)28-33-26(43-34-28)22-10-6-5-7-11-22/h5-7,10-11,23H,8-9,12-21,31H2,1-2H3/t23-/m1/s1. The molecular weight excluding hydrogens is 548 g/mol. The fourth-order valence-electron chi connectivity index (χ4n) is 5.96. The molecule has 2 fully saturated rings. The number of benzene rings is 1. The van der Waals surface area contributed by atoms with E-state index in [0.717, 1.165) is 57.7 Å². The van der Waals surface area contributed by atoms with Crippen LogP contribution in [-0.4, -0.2) is 85.6 Å². The average molecular weight is 587 g/mol. The van der Waals surface area contributed by atoms with E-state index < -0.39 is 0 Å². The van der Waals surface area contributed by atoms with Gasteiger partial charge in [-0.15, -0.1) is 5.92 Å². The van der Waals surface area contributed by atoms with Crippen LogP contribution in [-0.2, 0) is 20.1 Å². The molecule has 0 saturated carbocycles. The molecule has 0 bridgehead atoms. The first-order valence-corrected chi connectivity index (χ1v) is 14.9. The second kappa shape index (κ2) is 12.4. The quantitative estimate of drug-likeness (QED) is 0.299. The van der Waals surface area contributed by atoms with Gasteiger partial charge in [0.25, 0.3) is 17.4 Å². The monoisotopic (exact) mass is 586 g/mol. The zero-order chi connectivity index (χ0) is 29.9. The summed E-state index contributed by atoms with van der Waals surface area (Å²) in [6, 6.07) is 9.77. The Morgan fingerprint density at radius 1 is 1.00 bits per heavy atom. The number of piperidine rings is 1. The molecule has 43 heavy (non-hydrogen) atoms. The Labute approximate surface area is 249 Å². The van der Waals surface area contributed by atoms with Crippen LogP contribution in [0.3, 0.4) is 0 Å². The van der Waals surface area contributed by atoms with Crippen molar-refractivity contribution in [3.63, 3.8) is 0 Å². The summed E-state index contributed by atoms with van der Waals surface area (Å²) in [7, 11) is 1.68. The van der Waals surface area contributed by atoms with Crippen molar-refractivity contribution in [2.24, 2.45) is 12.8 Å². The molecule has 3 aromatic heterocycles. The molecule has 0 unspecified atom stereocenters. The molecule has 4 aromatic rings. The van der Waals surface area contributed by atoms with Gasteiger partial charge in [-0.25, -0.2) is 4.79 Å². The summed E-state index contributed by atoms with van der Waals surface area (Å²) < 4.78 is 10.1. The highest BCUT2D eigenvalue weighted by atomic mass is 16.5. The van der Waals surface area contributed by atoms with Crippen molar-refractivity contribution in [2.45, 2.75) is 45.3 Å². The number of anilines is 2. The van der Waals surface area contributed by atoms with E-state index in [-0.39, 0.29) is 17.3 Å². The van der Waals surface area contributed by atoms with E-state index in [0.29, 0.717) is 55.0 Å². The first-order chi connectivity index (χ1) is 20.9. The topological polar surface area (TPSA) is 136 Å². The highest BCUT2D eigenvalue weighted by Gasteiger charge is 2.26. The molecule has 0 spiro atoms. The lowest BCUT2D eigenvalue weighted by atomic mass is 10.1. The van der Waals surface area contributed by atoms with Crippen LogP contribution in [0, 0.1) is 11.8 Å². The molecule has 1 aromatic carbocycles. The number of aromatic nitrogens is 6. The highest BCUT2D eigenvalue weighted by molar-refractivity contribution is 5.75. The molecule has 5 heterocycles. The van der Waals surface area contributed by atoms with Crippen LogP contribution in [0.1, 0.15) is 26.2 Å². The van der Waals surface area contributed by atoms with E-state index in [1.165, 1.54) is 9.13 Å². The van der Waals surface area contributed by atoms with Crippen molar-refractivity contribution in [3.8, 4) is 23.3 Å². The fourth-order valence-corrected chi connectivity index (χ4v) is 5.96. The van der Waals surface area contributed by atoms with E-state index in [1.54, 1.807) is 14.0 Å². The lowest BCUT2D eigenvalue weighted by Gasteiger charge is -2.33. The number of nitrogens with two attached hydrogens (primary N) is 1. The molecule has 1 atom stereocenters. The number of hydrogen-bond donors (Lipinski definition) is 1. The Kier molecular flexibility index (Phi) is 8.31. The summed E-state index contributed by atoms with van der Waals surface area (Å²) in [5.41, 5.74) is 7.24. The van der Waals surface area contributed by atoms with E-state index in [4.69, 9.17) is 15.2 Å². The largest absolute Gasteiger partial charge is 0.341 e. The van der Waals surface area contributed by atoms with Crippen molar-refractivity contribution < 1.29 is 4.52 Å². The number of hydrogen-bond acceptors (Lipinski definition) is 10. The van der Waals surface area contributed by atoms with E-state index in [9.17, 15) is 9.59 Å². The molecule has 0 aliphatic carbocycles. The van der Waals surface area contributed by atoms with E-state index in [2.05, 4.69) is 36.7 Å². The summed E-state index contributed by atoms with van der Waals surface area (Å²) in [5, 5.41) is 4.18. The average Bonchev–Trinajstić information content (AvgIpc) is 3.68. The smallest absolute Gasteiger partial charge is 0.332 e. The van der Waals surface area contributed by atoms with Crippen molar-refractivity contribution in [3.05, 3.63) is 51.2 Å². The summed E-state index contributed by atoms with van der Waals surface area (Å²) in [5.74, 6) is 7.75. The van der Waals surface area contributed by atoms with Gasteiger partial charge in [-0.2, -0.15) is 9.97 Å². The van der Waals surface area contributed by atoms with Gasteiger partial charge in [0, 0.05) is 64.5 Å².